The molecule has 0 aliphatic heterocycles. The Hall–Kier alpha value is -1.68. The van der Waals surface area contributed by atoms with Crippen molar-refractivity contribution in [3.63, 3.8) is 0 Å². The summed E-state index contributed by atoms with van der Waals surface area (Å²) < 4.78 is 5.48. The van der Waals surface area contributed by atoms with Gasteiger partial charge in [-0.15, -0.1) is 0 Å². The molecule has 2 aromatic carbocycles. The van der Waals surface area contributed by atoms with E-state index in [1.54, 1.807) is 0 Å². The third-order valence-electron chi connectivity index (χ3n) is 2.54. The Labute approximate surface area is 114 Å². The first-order valence-corrected chi connectivity index (χ1v) is 6.60. The van der Waals surface area contributed by atoms with Gasteiger partial charge >= 0.3 is 0 Å². The third-order valence-corrected chi connectivity index (χ3v) is 3.15. The number of alkyl halides is 1. The van der Waals surface area contributed by atoms with E-state index >= 15 is 0 Å². The molecule has 2 N–H and O–H groups in total. The van der Waals surface area contributed by atoms with Gasteiger partial charge in [0.25, 0.3) is 0 Å². The van der Waals surface area contributed by atoms with Gasteiger partial charge in [0, 0.05) is 17.0 Å². The van der Waals surface area contributed by atoms with E-state index in [9.17, 15) is 10.2 Å². The lowest BCUT2D eigenvalue weighted by atomic mass is 10.2. The predicted octanol–water partition coefficient (Wildman–Crippen LogP) is 3.57. The summed E-state index contributed by atoms with van der Waals surface area (Å²) in [5.74, 6) is 0.409. The molecule has 0 aliphatic carbocycles. The van der Waals surface area contributed by atoms with Crippen LogP contribution in [0.1, 0.15) is 11.1 Å². The summed E-state index contributed by atoms with van der Waals surface area (Å²) in [4.78, 5) is 0. The summed E-state index contributed by atoms with van der Waals surface area (Å²) in [5, 5.41) is 19.9. The predicted molar refractivity (Wildman–Crippen MR) is 73.2 cm³/mol. The highest BCUT2D eigenvalue weighted by Crippen LogP contribution is 2.34. The standard InChI is InChI=1S/C14H13BrO3/c15-8-11-6-13(17)14(7-12(11)16)18-9-10-4-2-1-3-5-10/h1-7,16-17H,8-9H2. The molecule has 2 rings (SSSR count). The second-order valence-corrected chi connectivity index (χ2v) is 4.42. The highest BCUT2D eigenvalue weighted by Gasteiger charge is 2.09. The number of hydrogen-bond acceptors (Lipinski definition) is 3. The van der Waals surface area contributed by atoms with Crippen molar-refractivity contribution in [3.8, 4) is 17.2 Å². The molecule has 0 fully saturated rings. The van der Waals surface area contributed by atoms with Gasteiger partial charge in [-0.25, -0.2) is 0 Å². The van der Waals surface area contributed by atoms with Gasteiger partial charge < -0.3 is 14.9 Å². The highest BCUT2D eigenvalue weighted by atomic mass is 79.9. The zero-order chi connectivity index (χ0) is 13.0. The van der Waals surface area contributed by atoms with E-state index in [0.717, 1.165) is 5.56 Å². The first kappa shape index (κ1) is 12.8. The van der Waals surface area contributed by atoms with Crippen LogP contribution in [-0.4, -0.2) is 10.2 Å². The van der Waals surface area contributed by atoms with Crippen LogP contribution in [0.2, 0.25) is 0 Å². The second-order valence-electron chi connectivity index (χ2n) is 3.86. The number of hydrogen-bond donors (Lipinski definition) is 2. The Balaban J connectivity index is 2.13. The fourth-order valence-corrected chi connectivity index (χ4v) is 2.01. The monoisotopic (exact) mass is 308 g/mol. The molecule has 0 saturated carbocycles. The molecule has 0 amide bonds. The average Bonchev–Trinajstić information content (AvgIpc) is 2.40. The largest absolute Gasteiger partial charge is 0.507 e. The van der Waals surface area contributed by atoms with Crippen molar-refractivity contribution >= 4 is 15.9 Å². The first-order valence-electron chi connectivity index (χ1n) is 5.48. The van der Waals surface area contributed by atoms with E-state index in [0.29, 0.717) is 17.5 Å². The molecular weight excluding hydrogens is 296 g/mol. The summed E-state index contributed by atoms with van der Waals surface area (Å²) in [6, 6.07) is 12.6. The van der Waals surface area contributed by atoms with Crippen LogP contribution in [0.15, 0.2) is 42.5 Å². The van der Waals surface area contributed by atoms with Crippen molar-refractivity contribution in [1.82, 2.24) is 0 Å². The molecule has 2 aromatic rings. The van der Waals surface area contributed by atoms with Gasteiger partial charge in [0.1, 0.15) is 12.4 Å². The zero-order valence-corrected chi connectivity index (χ0v) is 11.2. The molecule has 94 valence electrons. The minimum absolute atomic E-state index is 0.0261. The molecule has 0 spiro atoms. The first-order chi connectivity index (χ1) is 8.70. The van der Waals surface area contributed by atoms with Crippen molar-refractivity contribution in [2.45, 2.75) is 11.9 Å². The number of phenols is 2. The van der Waals surface area contributed by atoms with Crippen LogP contribution in [-0.2, 0) is 11.9 Å². The SMILES string of the molecule is Oc1cc(OCc2ccccc2)c(O)cc1CBr. The molecule has 4 heteroatoms. The molecule has 0 aromatic heterocycles. The van der Waals surface area contributed by atoms with E-state index in [-0.39, 0.29) is 17.2 Å². The van der Waals surface area contributed by atoms with Crippen molar-refractivity contribution < 1.29 is 14.9 Å². The fraction of sp³-hybridized carbons (Fsp3) is 0.143. The van der Waals surface area contributed by atoms with Gasteiger partial charge in [0.05, 0.1) is 0 Å². The van der Waals surface area contributed by atoms with Crippen LogP contribution in [0.4, 0.5) is 0 Å². The van der Waals surface area contributed by atoms with Crippen LogP contribution >= 0.6 is 15.9 Å². The fourth-order valence-electron chi connectivity index (χ4n) is 1.56. The maximum absolute atomic E-state index is 9.77. The number of halogens is 1. The smallest absolute Gasteiger partial charge is 0.165 e. The number of rotatable bonds is 4. The highest BCUT2D eigenvalue weighted by molar-refractivity contribution is 9.08. The van der Waals surface area contributed by atoms with Crippen LogP contribution in [0.25, 0.3) is 0 Å². The minimum Gasteiger partial charge on any atom is -0.507 e. The van der Waals surface area contributed by atoms with Crippen molar-refractivity contribution in [2.75, 3.05) is 0 Å². The van der Waals surface area contributed by atoms with Gasteiger partial charge in [0.15, 0.2) is 11.5 Å². The van der Waals surface area contributed by atoms with Gasteiger partial charge in [-0.05, 0) is 11.6 Å². The average molecular weight is 309 g/mol. The van der Waals surface area contributed by atoms with Crippen molar-refractivity contribution in [3.05, 3.63) is 53.6 Å². The molecule has 18 heavy (non-hydrogen) atoms. The van der Waals surface area contributed by atoms with Crippen LogP contribution in [0.3, 0.4) is 0 Å². The molecule has 0 heterocycles. The molecule has 0 bridgehead atoms. The van der Waals surface area contributed by atoms with Crippen LogP contribution in [0.5, 0.6) is 17.2 Å². The van der Waals surface area contributed by atoms with E-state index < -0.39 is 0 Å². The normalized spacial score (nSPS) is 10.3. The van der Waals surface area contributed by atoms with Gasteiger partial charge in [-0.2, -0.15) is 0 Å². The maximum atomic E-state index is 9.77. The van der Waals surface area contributed by atoms with E-state index in [4.69, 9.17) is 4.74 Å². The Morgan fingerprint density at radius 1 is 1.00 bits per heavy atom. The lowest BCUT2D eigenvalue weighted by Gasteiger charge is -2.10. The van der Waals surface area contributed by atoms with Crippen LogP contribution in [0, 0.1) is 0 Å². The van der Waals surface area contributed by atoms with Gasteiger partial charge in [0.2, 0.25) is 0 Å². The third kappa shape index (κ3) is 2.96. The number of benzene rings is 2. The summed E-state index contributed by atoms with van der Waals surface area (Å²) >= 11 is 3.23. The lowest BCUT2D eigenvalue weighted by Crippen LogP contribution is -1.95. The molecule has 0 atom stereocenters. The summed E-state index contributed by atoms with van der Waals surface area (Å²) in [7, 11) is 0. The quantitative estimate of drug-likeness (QED) is 0.670. The zero-order valence-electron chi connectivity index (χ0n) is 9.64. The Kier molecular flexibility index (Phi) is 4.10. The van der Waals surface area contributed by atoms with E-state index in [1.165, 1.54) is 12.1 Å². The van der Waals surface area contributed by atoms with E-state index in [1.807, 2.05) is 30.3 Å². The Bertz CT molecular complexity index is 526. The molecular formula is C14H13BrO3. The molecule has 0 aliphatic rings. The van der Waals surface area contributed by atoms with Gasteiger partial charge in [-0.1, -0.05) is 46.3 Å². The Morgan fingerprint density at radius 3 is 2.39 bits per heavy atom. The Morgan fingerprint density at radius 2 is 1.72 bits per heavy atom. The van der Waals surface area contributed by atoms with Crippen LogP contribution < -0.4 is 4.74 Å². The summed E-state index contributed by atoms with van der Waals surface area (Å²) in [5.41, 5.74) is 1.63. The summed E-state index contributed by atoms with van der Waals surface area (Å²) in [6.07, 6.45) is 0. The summed E-state index contributed by atoms with van der Waals surface area (Å²) in [6.45, 7) is 0.349. The molecule has 0 radical (unpaired) electrons. The minimum atomic E-state index is 0.0261. The lowest BCUT2D eigenvalue weighted by molar-refractivity contribution is 0.287. The molecule has 0 unspecified atom stereocenters. The van der Waals surface area contributed by atoms with Crippen molar-refractivity contribution in [1.29, 1.82) is 0 Å². The van der Waals surface area contributed by atoms with E-state index in [2.05, 4.69) is 15.9 Å². The number of ether oxygens (including phenoxy) is 1. The maximum Gasteiger partial charge on any atom is 0.165 e. The number of phenolic OH excluding ortho intramolecular Hbond substituents is 2. The topological polar surface area (TPSA) is 49.7 Å². The van der Waals surface area contributed by atoms with Gasteiger partial charge in [-0.3, -0.25) is 0 Å². The molecule has 0 saturated heterocycles. The number of aromatic hydroxyl groups is 2. The van der Waals surface area contributed by atoms with Crippen molar-refractivity contribution in [2.24, 2.45) is 0 Å². The second kappa shape index (κ2) is 5.78. The molecule has 3 nitrogen and oxygen atoms in total.